The van der Waals surface area contributed by atoms with Gasteiger partial charge in [-0.15, -0.1) is 0 Å². The van der Waals surface area contributed by atoms with Crippen LogP contribution in [0.3, 0.4) is 0 Å². The fourth-order valence-electron chi connectivity index (χ4n) is 6.70. The third-order valence-corrected chi connectivity index (χ3v) is 17.4. The van der Waals surface area contributed by atoms with Crippen LogP contribution in [0.1, 0.15) is 85.0 Å². The molecule has 0 aliphatic heterocycles. The average Bonchev–Trinajstić information content (AvgIpc) is 3.60. The fraction of sp³-hybridized carbons (Fsp3) is 0.293. The van der Waals surface area contributed by atoms with E-state index in [1.54, 1.807) is 17.6 Å². The molecule has 42 heavy (non-hydrogen) atoms. The van der Waals surface area contributed by atoms with Gasteiger partial charge < -0.3 is 0 Å². The van der Waals surface area contributed by atoms with Crippen LogP contribution in [-0.4, -0.2) is 3.21 Å². The predicted octanol–water partition coefficient (Wildman–Crippen LogP) is 10.5. The molecule has 0 fully saturated rings. The molecule has 4 aromatic carbocycles. The summed E-state index contributed by atoms with van der Waals surface area (Å²) in [6.07, 6.45) is 10.5. The van der Waals surface area contributed by atoms with Crippen molar-refractivity contribution >= 4 is 3.21 Å². The quantitative estimate of drug-likeness (QED) is 0.200. The molecule has 0 aromatic heterocycles. The Hall–Kier alpha value is -2.89. The third kappa shape index (κ3) is 5.96. The van der Waals surface area contributed by atoms with E-state index >= 15 is 0 Å². The van der Waals surface area contributed by atoms with Crippen LogP contribution < -0.4 is 0 Å². The van der Waals surface area contributed by atoms with Crippen molar-refractivity contribution in [1.29, 1.82) is 0 Å². The standard InChI is InChI=1S/C21H25.C15H14.C5H5.Zr/c1-20(2,3)16-9-7-14-11-15-8-10-17(21(4,5)6)13-19(15)18(14)12-16;1-3-8-14(9-4-1)12-7-13-15-10-5-2-6-11-15;1-2-4-5-3-1;/h7-13H,1-6H3;1-6,8-11H,12-13H2;1-3H,4H2;. The van der Waals surface area contributed by atoms with E-state index in [9.17, 15) is 0 Å². The van der Waals surface area contributed by atoms with Gasteiger partial charge in [0.2, 0.25) is 0 Å². The van der Waals surface area contributed by atoms with Crippen LogP contribution in [0, 0.1) is 0 Å². The maximum atomic E-state index is 2.54. The Balaban J connectivity index is 1.62. The molecule has 1 heteroatoms. The van der Waals surface area contributed by atoms with Crippen LogP contribution in [0.2, 0.25) is 0 Å². The van der Waals surface area contributed by atoms with E-state index in [0.717, 1.165) is 19.3 Å². The van der Waals surface area contributed by atoms with E-state index in [1.165, 1.54) is 33.4 Å². The van der Waals surface area contributed by atoms with Crippen LogP contribution in [0.5, 0.6) is 0 Å². The van der Waals surface area contributed by atoms with Crippen molar-refractivity contribution in [2.45, 2.75) is 75.3 Å². The number of allylic oxidation sites excluding steroid dienone is 4. The molecule has 0 amide bonds. The first kappa shape index (κ1) is 29.2. The molecule has 0 radical (unpaired) electrons. The van der Waals surface area contributed by atoms with E-state index in [4.69, 9.17) is 0 Å². The molecule has 0 bridgehead atoms. The van der Waals surface area contributed by atoms with Crippen LogP contribution in [0.15, 0.2) is 119 Å². The van der Waals surface area contributed by atoms with Gasteiger partial charge in [-0.1, -0.05) is 0 Å². The Morgan fingerprint density at radius 2 is 1.12 bits per heavy atom. The molecule has 2 aliphatic rings. The zero-order valence-corrected chi connectivity index (χ0v) is 28.6. The van der Waals surface area contributed by atoms with Crippen molar-refractivity contribution in [2.75, 3.05) is 0 Å². The molecule has 0 spiro atoms. The Bertz CT molecular complexity index is 1580. The Kier molecular flexibility index (Phi) is 8.10. The summed E-state index contributed by atoms with van der Waals surface area (Å²) in [5.74, 6) is 0. The van der Waals surface area contributed by atoms with Crippen molar-refractivity contribution in [1.82, 2.24) is 0 Å². The van der Waals surface area contributed by atoms with E-state index in [0.29, 0.717) is 3.63 Å². The molecule has 0 N–H and O–H groups in total. The number of hydrogen-bond acceptors (Lipinski definition) is 0. The molecule has 0 heterocycles. The fourth-order valence-corrected chi connectivity index (χ4v) is 15.9. The average molecular weight is 628 g/mol. The van der Waals surface area contributed by atoms with Gasteiger partial charge in [-0.25, -0.2) is 0 Å². The zero-order valence-electron chi connectivity index (χ0n) is 26.2. The Labute approximate surface area is 261 Å². The second-order valence-electron chi connectivity index (χ2n) is 14.2. The van der Waals surface area contributed by atoms with Crippen molar-refractivity contribution in [2.24, 2.45) is 0 Å². The van der Waals surface area contributed by atoms with Gasteiger partial charge in [0, 0.05) is 0 Å². The third-order valence-electron chi connectivity index (χ3n) is 9.06. The first-order valence-electron chi connectivity index (χ1n) is 15.5. The number of hydrogen-bond donors (Lipinski definition) is 0. The van der Waals surface area contributed by atoms with Gasteiger partial charge in [0.05, 0.1) is 0 Å². The first-order valence-corrected chi connectivity index (χ1v) is 19.4. The molecular weight excluding hydrogens is 584 g/mol. The van der Waals surface area contributed by atoms with Gasteiger partial charge >= 0.3 is 263 Å². The van der Waals surface area contributed by atoms with E-state index in [2.05, 4.69) is 157 Å². The first-order chi connectivity index (χ1) is 20.1. The SMILES string of the molecule is CC(C)(C)c1ccc2c(c1)-c1cc(C(C)(C)C)ccc1[CH]2[Zr]([C]1=CC=CC1)=[C](Cc1ccccc1)Cc1ccccc1. The van der Waals surface area contributed by atoms with E-state index in [-0.39, 0.29) is 10.8 Å². The predicted molar refractivity (Wildman–Crippen MR) is 178 cm³/mol. The summed E-state index contributed by atoms with van der Waals surface area (Å²) < 4.78 is 4.03. The normalized spacial score (nSPS) is 14.5. The van der Waals surface area contributed by atoms with Crippen LogP contribution in [-0.2, 0) is 44.9 Å². The topological polar surface area (TPSA) is 0 Å². The van der Waals surface area contributed by atoms with E-state index in [1.807, 2.05) is 0 Å². The molecule has 0 saturated heterocycles. The van der Waals surface area contributed by atoms with Crippen LogP contribution in [0.4, 0.5) is 0 Å². The molecule has 0 nitrogen and oxygen atoms in total. The van der Waals surface area contributed by atoms with E-state index < -0.39 is 21.3 Å². The van der Waals surface area contributed by atoms with Crippen molar-refractivity contribution in [3.05, 3.63) is 152 Å². The summed E-state index contributed by atoms with van der Waals surface area (Å²) in [7, 11) is 0. The Morgan fingerprint density at radius 3 is 1.52 bits per heavy atom. The van der Waals surface area contributed by atoms with Crippen molar-refractivity contribution in [3.8, 4) is 11.1 Å². The summed E-state index contributed by atoms with van der Waals surface area (Å²) in [6.45, 7) is 14.1. The molecule has 0 unspecified atom stereocenters. The number of benzene rings is 4. The minimum atomic E-state index is -2.49. The summed E-state index contributed by atoms with van der Waals surface area (Å²) in [6, 6.07) is 37.4. The zero-order chi connectivity index (χ0) is 29.5. The van der Waals surface area contributed by atoms with Gasteiger partial charge in [-0.3, -0.25) is 0 Å². The molecule has 0 saturated carbocycles. The van der Waals surface area contributed by atoms with Crippen LogP contribution in [0.25, 0.3) is 11.1 Å². The van der Waals surface area contributed by atoms with Gasteiger partial charge in [0.15, 0.2) is 0 Å². The van der Waals surface area contributed by atoms with Crippen LogP contribution >= 0.6 is 0 Å². The maximum absolute atomic E-state index is 2.54. The molecular formula is C41H44Zr. The van der Waals surface area contributed by atoms with Gasteiger partial charge in [-0.2, -0.15) is 0 Å². The van der Waals surface area contributed by atoms with Gasteiger partial charge in [-0.05, 0) is 0 Å². The number of rotatable bonds is 6. The summed E-state index contributed by atoms with van der Waals surface area (Å²) >= 11 is -2.49. The van der Waals surface area contributed by atoms with Gasteiger partial charge in [0.1, 0.15) is 0 Å². The minimum absolute atomic E-state index is 0.117. The van der Waals surface area contributed by atoms with Crippen molar-refractivity contribution < 1.29 is 21.3 Å². The second kappa shape index (κ2) is 11.7. The van der Waals surface area contributed by atoms with Gasteiger partial charge in [0.25, 0.3) is 0 Å². The molecule has 6 rings (SSSR count). The molecule has 212 valence electrons. The molecule has 0 atom stereocenters. The summed E-state index contributed by atoms with van der Waals surface area (Å²) in [4.78, 5) is 0. The Morgan fingerprint density at radius 1 is 0.643 bits per heavy atom. The second-order valence-corrected chi connectivity index (χ2v) is 21.0. The summed E-state index contributed by atoms with van der Waals surface area (Å²) in [5, 5.41) is 0. The molecule has 4 aromatic rings. The van der Waals surface area contributed by atoms with Crippen molar-refractivity contribution in [3.63, 3.8) is 0 Å². The number of fused-ring (bicyclic) bond motifs is 3. The molecule has 2 aliphatic carbocycles. The monoisotopic (exact) mass is 626 g/mol. The summed E-state index contributed by atoms with van der Waals surface area (Å²) in [5.41, 5.74) is 12.1.